The van der Waals surface area contributed by atoms with Crippen molar-refractivity contribution in [2.75, 3.05) is 14.2 Å². The molecule has 3 heteroatoms. The lowest BCUT2D eigenvalue weighted by Gasteiger charge is -2.21. The third-order valence-electron chi connectivity index (χ3n) is 3.52. The molecule has 1 N–H and O–H groups in total. The zero-order valence-electron chi connectivity index (χ0n) is 8.25. The lowest BCUT2D eigenvalue weighted by Crippen LogP contribution is -2.41. The van der Waals surface area contributed by atoms with Gasteiger partial charge in [-0.05, 0) is 44.1 Å². The summed E-state index contributed by atoms with van der Waals surface area (Å²) in [5, 5.41) is 3.06. The summed E-state index contributed by atoms with van der Waals surface area (Å²) in [5.41, 5.74) is 0. The molecule has 2 saturated carbocycles. The molecule has 0 spiro atoms. The van der Waals surface area contributed by atoms with Gasteiger partial charge in [0.1, 0.15) is 6.04 Å². The Bertz CT molecular complexity index is 207. The Morgan fingerprint density at radius 3 is 2.46 bits per heavy atom. The predicted octanol–water partition coefficient (Wildman–Crippen LogP) is 0.793. The summed E-state index contributed by atoms with van der Waals surface area (Å²) in [6.45, 7) is 0. The molecule has 74 valence electrons. The highest BCUT2D eigenvalue weighted by molar-refractivity contribution is 5.76. The first kappa shape index (κ1) is 9.00. The highest BCUT2D eigenvalue weighted by Gasteiger charge is 2.49. The number of methoxy groups -OCH3 is 1. The number of likely N-dealkylation sites (N-methyl/N-ethyl adjacent to an activating group) is 1. The van der Waals surface area contributed by atoms with Gasteiger partial charge in [-0.1, -0.05) is 0 Å². The highest BCUT2D eigenvalue weighted by atomic mass is 16.5. The number of hydrogen-bond acceptors (Lipinski definition) is 3. The molecule has 0 heterocycles. The van der Waals surface area contributed by atoms with E-state index in [-0.39, 0.29) is 12.0 Å². The van der Waals surface area contributed by atoms with Crippen LogP contribution >= 0.6 is 0 Å². The van der Waals surface area contributed by atoms with E-state index in [0.717, 1.165) is 11.8 Å². The quantitative estimate of drug-likeness (QED) is 0.657. The van der Waals surface area contributed by atoms with E-state index in [9.17, 15) is 4.79 Å². The van der Waals surface area contributed by atoms with Gasteiger partial charge < -0.3 is 10.1 Å². The Morgan fingerprint density at radius 2 is 2.00 bits per heavy atom. The molecule has 0 aromatic heterocycles. The molecule has 0 aromatic carbocycles. The Hall–Kier alpha value is -0.570. The van der Waals surface area contributed by atoms with Crippen LogP contribution in [0.2, 0.25) is 0 Å². The van der Waals surface area contributed by atoms with E-state index in [0.29, 0.717) is 5.92 Å². The van der Waals surface area contributed by atoms with Crippen molar-refractivity contribution >= 4 is 5.97 Å². The number of hydrogen-bond donors (Lipinski definition) is 1. The Balaban J connectivity index is 1.92. The first-order valence-corrected chi connectivity index (χ1v) is 5.01. The van der Waals surface area contributed by atoms with Gasteiger partial charge in [-0.2, -0.15) is 0 Å². The Morgan fingerprint density at radius 1 is 1.38 bits per heavy atom. The molecule has 0 saturated heterocycles. The zero-order chi connectivity index (χ0) is 9.42. The predicted molar refractivity (Wildman–Crippen MR) is 49.2 cm³/mol. The third kappa shape index (κ3) is 1.57. The van der Waals surface area contributed by atoms with E-state index >= 15 is 0 Å². The van der Waals surface area contributed by atoms with Crippen molar-refractivity contribution in [3.8, 4) is 0 Å². The van der Waals surface area contributed by atoms with Gasteiger partial charge in [0.05, 0.1) is 7.11 Å². The minimum absolute atomic E-state index is 0.0715. The summed E-state index contributed by atoms with van der Waals surface area (Å²) in [6.07, 6.45) is 3.82. The van der Waals surface area contributed by atoms with Crippen molar-refractivity contribution in [3.63, 3.8) is 0 Å². The number of carbonyl (C=O) groups excluding carboxylic acids is 1. The van der Waals surface area contributed by atoms with Crippen molar-refractivity contribution in [1.82, 2.24) is 5.32 Å². The van der Waals surface area contributed by atoms with Crippen LogP contribution in [0.3, 0.4) is 0 Å². The van der Waals surface area contributed by atoms with Crippen LogP contribution in [0.25, 0.3) is 0 Å². The fourth-order valence-electron chi connectivity index (χ4n) is 2.71. The largest absolute Gasteiger partial charge is 0.468 e. The molecule has 4 atom stereocenters. The van der Waals surface area contributed by atoms with E-state index in [4.69, 9.17) is 4.74 Å². The second-order valence-corrected chi connectivity index (χ2v) is 4.28. The molecule has 2 fully saturated rings. The van der Waals surface area contributed by atoms with Gasteiger partial charge in [-0.25, -0.2) is 0 Å². The number of nitrogens with one attached hydrogen (secondary N) is 1. The zero-order valence-corrected chi connectivity index (χ0v) is 8.25. The van der Waals surface area contributed by atoms with Gasteiger partial charge in [-0.3, -0.25) is 4.79 Å². The molecule has 2 aliphatic carbocycles. The summed E-state index contributed by atoms with van der Waals surface area (Å²) < 4.78 is 4.76. The van der Waals surface area contributed by atoms with E-state index in [2.05, 4.69) is 5.32 Å². The molecule has 13 heavy (non-hydrogen) atoms. The lowest BCUT2D eigenvalue weighted by atomic mass is 9.94. The van der Waals surface area contributed by atoms with E-state index in [1.807, 2.05) is 7.05 Å². The standard InChI is InChI=1S/C10H17NO2/c1-11-9(10(12)13-2)8-4-6-3-7(6)5-8/h6-9,11H,3-5H2,1-2H3/t6-,7+,8?,9-/m0/s1. The number of carbonyl (C=O) groups is 1. The monoisotopic (exact) mass is 183 g/mol. The van der Waals surface area contributed by atoms with Crippen LogP contribution in [-0.4, -0.2) is 26.2 Å². The Labute approximate surface area is 78.8 Å². The number of ether oxygens (including phenoxy) is 1. The molecule has 2 rings (SSSR count). The highest BCUT2D eigenvalue weighted by Crippen LogP contribution is 2.55. The summed E-state index contributed by atoms with van der Waals surface area (Å²) >= 11 is 0. The molecule has 0 aliphatic heterocycles. The lowest BCUT2D eigenvalue weighted by molar-refractivity contribution is -0.144. The van der Waals surface area contributed by atoms with Crippen LogP contribution in [-0.2, 0) is 9.53 Å². The summed E-state index contributed by atoms with van der Waals surface area (Å²) in [6, 6.07) is -0.0715. The van der Waals surface area contributed by atoms with Crippen LogP contribution in [0.1, 0.15) is 19.3 Å². The third-order valence-corrected chi connectivity index (χ3v) is 3.52. The van der Waals surface area contributed by atoms with Gasteiger partial charge in [0.2, 0.25) is 0 Å². The van der Waals surface area contributed by atoms with E-state index in [1.165, 1.54) is 26.4 Å². The molecular formula is C10H17NO2. The average molecular weight is 183 g/mol. The first-order chi connectivity index (χ1) is 6.26. The van der Waals surface area contributed by atoms with Gasteiger partial charge in [-0.15, -0.1) is 0 Å². The SMILES string of the molecule is CN[C@H](C(=O)OC)C1C[C@@H]2C[C@@H]2C1. The molecule has 0 radical (unpaired) electrons. The van der Waals surface area contributed by atoms with Crippen LogP contribution < -0.4 is 5.32 Å². The number of esters is 1. The molecule has 3 nitrogen and oxygen atoms in total. The molecule has 0 bridgehead atoms. The molecular weight excluding hydrogens is 166 g/mol. The van der Waals surface area contributed by atoms with Crippen molar-refractivity contribution in [2.24, 2.45) is 17.8 Å². The average Bonchev–Trinajstić information content (AvgIpc) is 2.75. The van der Waals surface area contributed by atoms with Gasteiger partial charge >= 0.3 is 5.97 Å². The summed E-state index contributed by atoms with van der Waals surface area (Å²) in [5.74, 6) is 2.26. The molecule has 0 aromatic rings. The topological polar surface area (TPSA) is 38.3 Å². The van der Waals surface area contributed by atoms with Gasteiger partial charge in [0.15, 0.2) is 0 Å². The maximum absolute atomic E-state index is 11.4. The minimum Gasteiger partial charge on any atom is -0.468 e. The van der Waals surface area contributed by atoms with Crippen LogP contribution in [0, 0.1) is 17.8 Å². The van der Waals surface area contributed by atoms with Crippen molar-refractivity contribution in [2.45, 2.75) is 25.3 Å². The maximum Gasteiger partial charge on any atom is 0.323 e. The minimum atomic E-state index is -0.103. The first-order valence-electron chi connectivity index (χ1n) is 5.01. The second kappa shape index (κ2) is 3.29. The van der Waals surface area contributed by atoms with Crippen LogP contribution in [0.15, 0.2) is 0 Å². The van der Waals surface area contributed by atoms with E-state index in [1.54, 1.807) is 0 Å². The van der Waals surface area contributed by atoms with Crippen LogP contribution in [0.5, 0.6) is 0 Å². The van der Waals surface area contributed by atoms with Gasteiger partial charge in [0.25, 0.3) is 0 Å². The van der Waals surface area contributed by atoms with Gasteiger partial charge in [0, 0.05) is 0 Å². The molecule has 0 amide bonds. The number of fused-ring (bicyclic) bond motifs is 1. The molecule has 1 unspecified atom stereocenters. The normalized spacial score (nSPS) is 38.2. The summed E-state index contributed by atoms with van der Waals surface area (Å²) in [7, 11) is 3.30. The smallest absolute Gasteiger partial charge is 0.323 e. The summed E-state index contributed by atoms with van der Waals surface area (Å²) in [4.78, 5) is 11.4. The van der Waals surface area contributed by atoms with Crippen molar-refractivity contribution in [3.05, 3.63) is 0 Å². The molecule has 2 aliphatic rings. The fourth-order valence-corrected chi connectivity index (χ4v) is 2.71. The fraction of sp³-hybridized carbons (Fsp3) is 0.900. The number of rotatable bonds is 3. The van der Waals surface area contributed by atoms with E-state index < -0.39 is 0 Å². The van der Waals surface area contributed by atoms with Crippen molar-refractivity contribution < 1.29 is 9.53 Å². The Kier molecular flexibility index (Phi) is 2.28. The van der Waals surface area contributed by atoms with Crippen molar-refractivity contribution in [1.29, 1.82) is 0 Å². The second-order valence-electron chi connectivity index (χ2n) is 4.28. The van der Waals surface area contributed by atoms with Crippen LogP contribution in [0.4, 0.5) is 0 Å². The maximum atomic E-state index is 11.4.